The summed E-state index contributed by atoms with van der Waals surface area (Å²) in [6.45, 7) is 3.62. The van der Waals surface area contributed by atoms with Gasteiger partial charge in [-0.3, -0.25) is 13.8 Å². The minimum Gasteiger partial charge on any atom is -0.494 e. The molecule has 3 aromatic rings. The van der Waals surface area contributed by atoms with Crippen molar-refractivity contribution in [3.8, 4) is 5.75 Å². The molecule has 0 aliphatic rings. The SMILES string of the molecule is CCOc1ccc(N([C@@H](C)C(=O)Nc2ccc(S(=O)(=O)Nc3cccc(C(F)(F)F)c3)cc2)S(C)(=O)=O)cc1. The zero-order chi connectivity index (χ0) is 29.0. The molecule has 0 saturated carbocycles. The maximum atomic E-state index is 12.9. The van der Waals surface area contributed by atoms with E-state index < -0.39 is 43.7 Å². The summed E-state index contributed by atoms with van der Waals surface area (Å²) in [5.74, 6) is -0.156. The van der Waals surface area contributed by atoms with Crippen LogP contribution in [0.1, 0.15) is 19.4 Å². The molecule has 0 radical (unpaired) electrons. The Hall–Kier alpha value is -3.78. The average molecular weight is 586 g/mol. The van der Waals surface area contributed by atoms with Gasteiger partial charge in [0.2, 0.25) is 15.9 Å². The second-order valence-corrected chi connectivity index (χ2v) is 11.9. The smallest absolute Gasteiger partial charge is 0.416 e. The predicted octanol–water partition coefficient (Wildman–Crippen LogP) is 4.70. The van der Waals surface area contributed by atoms with Crippen LogP contribution in [0.3, 0.4) is 0 Å². The van der Waals surface area contributed by atoms with Crippen molar-refractivity contribution in [1.29, 1.82) is 0 Å². The van der Waals surface area contributed by atoms with Crippen molar-refractivity contribution in [3.63, 3.8) is 0 Å². The van der Waals surface area contributed by atoms with Gasteiger partial charge in [0.05, 0.1) is 29.0 Å². The summed E-state index contributed by atoms with van der Waals surface area (Å²) >= 11 is 0. The molecule has 1 amide bonds. The number of nitrogens with one attached hydrogen (secondary N) is 2. The summed E-state index contributed by atoms with van der Waals surface area (Å²) in [7, 11) is -8.12. The van der Waals surface area contributed by atoms with E-state index in [1.54, 1.807) is 19.1 Å². The number of anilines is 3. The fraction of sp³-hybridized carbons (Fsp3) is 0.240. The maximum absolute atomic E-state index is 12.9. The fourth-order valence-electron chi connectivity index (χ4n) is 3.60. The molecule has 0 fully saturated rings. The highest BCUT2D eigenvalue weighted by molar-refractivity contribution is 7.92. The Kier molecular flexibility index (Phi) is 8.80. The molecule has 3 rings (SSSR count). The molecule has 0 aliphatic heterocycles. The van der Waals surface area contributed by atoms with Gasteiger partial charge in [0, 0.05) is 11.4 Å². The third kappa shape index (κ3) is 7.63. The minimum absolute atomic E-state index is 0.171. The molecule has 0 heterocycles. The normalized spacial score (nSPS) is 12.9. The van der Waals surface area contributed by atoms with Crippen LogP contribution >= 0.6 is 0 Å². The lowest BCUT2D eigenvalue weighted by Crippen LogP contribution is -2.45. The van der Waals surface area contributed by atoms with Crippen LogP contribution in [0.5, 0.6) is 5.75 Å². The van der Waals surface area contributed by atoms with Gasteiger partial charge in [-0.05, 0) is 80.6 Å². The number of halogens is 3. The molecule has 210 valence electrons. The lowest BCUT2D eigenvalue weighted by Gasteiger charge is -2.28. The number of ether oxygens (including phenoxy) is 1. The van der Waals surface area contributed by atoms with Crippen molar-refractivity contribution in [2.45, 2.75) is 31.0 Å². The molecular weight excluding hydrogens is 559 g/mol. The zero-order valence-electron chi connectivity index (χ0n) is 21.1. The van der Waals surface area contributed by atoms with E-state index in [1.807, 2.05) is 0 Å². The van der Waals surface area contributed by atoms with E-state index in [-0.39, 0.29) is 22.0 Å². The monoisotopic (exact) mass is 585 g/mol. The summed E-state index contributed by atoms with van der Waals surface area (Å²) in [5.41, 5.74) is -0.870. The van der Waals surface area contributed by atoms with E-state index in [0.29, 0.717) is 18.4 Å². The molecular formula is C25H26F3N3O6S2. The van der Waals surface area contributed by atoms with Crippen molar-refractivity contribution < 1.29 is 39.5 Å². The molecule has 14 heteroatoms. The molecule has 3 aromatic carbocycles. The number of alkyl halides is 3. The van der Waals surface area contributed by atoms with E-state index in [9.17, 15) is 34.8 Å². The van der Waals surface area contributed by atoms with E-state index in [0.717, 1.165) is 34.8 Å². The molecule has 39 heavy (non-hydrogen) atoms. The standard InChI is InChI=1S/C25H26F3N3O6S2/c1-4-37-22-12-10-21(11-13-22)31(38(3,33)34)17(2)24(32)29-19-8-14-23(15-9-19)39(35,36)30-20-7-5-6-18(16-20)25(26,27)28/h5-17,30H,4H2,1-3H3,(H,29,32)/t17-/m0/s1. The molecule has 0 saturated heterocycles. The Morgan fingerprint density at radius 2 is 1.56 bits per heavy atom. The van der Waals surface area contributed by atoms with Crippen LogP contribution in [0.2, 0.25) is 0 Å². The van der Waals surface area contributed by atoms with Gasteiger partial charge in [-0.15, -0.1) is 0 Å². The molecule has 9 nitrogen and oxygen atoms in total. The van der Waals surface area contributed by atoms with Crippen LogP contribution in [0.4, 0.5) is 30.2 Å². The van der Waals surface area contributed by atoms with Gasteiger partial charge in [0.25, 0.3) is 10.0 Å². The van der Waals surface area contributed by atoms with E-state index in [4.69, 9.17) is 4.74 Å². The molecule has 0 aromatic heterocycles. The van der Waals surface area contributed by atoms with Crippen molar-refractivity contribution in [3.05, 3.63) is 78.4 Å². The second-order valence-electron chi connectivity index (χ2n) is 8.36. The highest BCUT2D eigenvalue weighted by atomic mass is 32.2. The maximum Gasteiger partial charge on any atom is 0.416 e. The van der Waals surface area contributed by atoms with Gasteiger partial charge >= 0.3 is 6.18 Å². The summed E-state index contributed by atoms with van der Waals surface area (Å²) in [6.07, 6.45) is -3.68. The van der Waals surface area contributed by atoms with Crippen LogP contribution in [0, 0.1) is 0 Å². The Labute approximate surface area is 224 Å². The predicted molar refractivity (Wildman–Crippen MR) is 142 cm³/mol. The number of benzene rings is 3. The van der Waals surface area contributed by atoms with E-state index >= 15 is 0 Å². The first-order chi connectivity index (χ1) is 18.1. The Morgan fingerprint density at radius 1 is 0.949 bits per heavy atom. The highest BCUT2D eigenvalue weighted by Crippen LogP contribution is 2.31. The lowest BCUT2D eigenvalue weighted by molar-refractivity contribution is -0.137. The summed E-state index contributed by atoms with van der Waals surface area (Å²) in [6, 6.07) is 13.6. The topological polar surface area (TPSA) is 122 Å². The largest absolute Gasteiger partial charge is 0.494 e. The van der Waals surface area contributed by atoms with Crippen LogP contribution in [0.25, 0.3) is 0 Å². The number of hydrogen-bond acceptors (Lipinski definition) is 6. The Balaban J connectivity index is 1.75. The second kappa shape index (κ2) is 11.5. The first kappa shape index (κ1) is 29.8. The Bertz CT molecular complexity index is 1530. The molecule has 1 atom stereocenters. The Morgan fingerprint density at radius 3 is 2.10 bits per heavy atom. The third-order valence-corrected chi connectivity index (χ3v) is 8.00. The molecule has 2 N–H and O–H groups in total. The average Bonchev–Trinajstić information content (AvgIpc) is 2.84. The number of carbonyl (C=O) groups is 1. The van der Waals surface area contributed by atoms with Crippen molar-refractivity contribution in [2.75, 3.05) is 27.2 Å². The molecule has 0 bridgehead atoms. The van der Waals surface area contributed by atoms with Gasteiger partial charge in [0.15, 0.2) is 0 Å². The molecule has 0 spiro atoms. The van der Waals surface area contributed by atoms with Crippen LogP contribution in [-0.2, 0) is 31.0 Å². The van der Waals surface area contributed by atoms with Gasteiger partial charge in [-0.1, -0.05) is 6.07 Å². The van der Waals surface area contributed by atoms with Gasteiger partial charge in [-0.25, -0.2) is 16.8 Å². The van der Waals surface area contributed by atoms with E-state index in [2.05, 4.69) is 10.0 Å². The van der Waals surface area contributed by atoms with Crippen LogP contribution in [-0.4, -0.2) is 41.6 Å². The van der Waals surface area contributed by atoms with Crippen molar-refractivity contribution >= 4 is 43.0 Å². The van der Waals surface area contributed by atoms with Crippen LogP contribution in [0.15, 0.2) is 77.7 Å². The number of amides is 1. The van der Waals surface area contributed by atoms with Crippen LogP contribution < -0.4 is 19.1 Å². The number of carbonyl (C=O) groups excluding carboxylic acids is 1. The summed E-state index contributed by atoms with van der Waals surface area (Å²) < 4.78 is 97.5. The van der Waals surface area contributed by atoms with E-state index in [1.165, 1.54) is 37.3 Å². The summed E-state index contributed by atoms with van der Waals surface area (Å²) in [5, 5.41) is 2.54. The van der Waals surface area contributed by atoms with Gasteiger partial charge < -0.3 is 10.1 Å². The van der Waals surface area contributed by atoms with Crippen molar-refractivity contribution in [1.82, 2.24) is 0 Å². The molecule has 0 unspecified atom stereocenters. The quantitative estimate of drug-likeness (QED) is 0.356. The number of hydrogen-bond donors (Lipinski definition) is 2. The molecule has 0 aliphatic carbocycles. The third-order valence-electron chi connectivity index (χ3n) is 5.36. The summed E-state index contributed by atoms with van der Waals surface area (Å²) in [4.78, 5) is 12.6. The van der Waals surface area contributed by atoms with Gasteiger partial charge in [0.1, 0.15) is 11.8 Å². The minimum atomic E-state index is -4.64. The number of sulfonamides is 2. The first-order valence-electron chi connectivity index (χ1n) is 11.4. The number of nitrogens with zero attached hydrogens (tertiary/aromatic N) is 1. The number of rotatable bonds is 10. The lowest BCUT2D eigenvalue weighted by atomic mass is 10.2. The zero-order valence-corrected chi connectivity index (χ0v) is 22.7. The first-order valence-corrected chi connectivity index (χ1v) is 14.8. The highest BCUT2D eigenvalue weighted by Gasteiger charge is 2.31. The fourth-order valence-corrected chi connectivity index (χ4v) is 5.83. The van der Waals surface area contributed by atoms with Gasteiger partial charge in [-0.2, -0.15) is 13.2 Å². The van der Waals surface area contributed by atoms with Crippen molar-refractivity contribution in [2.24, 2.45) is 0 Å².